The lowest BCUT2D eigenvalue weighted by atomic mass is 10.6. The van der Waals surface area contributed by atoms with E-state index >= 15 is 0 Å². The van der Waals surface area contributed by atoms with Crippen LogP contribution in [0.4, 0.5) is 5.82 Å². The Labute approximate surface area is 66.1 Å². The molecular weight excluding hydrogens is 162 g/mol. The summed E-state index contributed by atoms with van der Waals surface area (Å²) in [6, 6.07) is 1.07. The minimum Gasteiger partial charge on any atom is -0.370 e. The molecule has 1 aromatic heterocycles. The van der Waals surface area contributed by atoms with Gasteiger partial charge in [0.05, 0.1) is 0 Å². The van der Waals surface area contributed by atoms with Crippen molar-refractivity contribution in [1.29, 1.82) is 0 Å². The van der Waals surface area contributed by atoms with Gasteiger partial charge in [-0.1, -0.05) is 0 Å². The summed E-state index contributed by atoms with van der Waals surface area (Å²) in [7, 11) is 0. The molecule has 12 heavy (non-hydrogen) atoms. The highest BCUT2D eigenvalue weighted by molar-refractivity contribution is 5.78. The van der Waals surface area contributed by atoms with Gasteiger partial charge in [0, 0.05) is 6.07 Å². The van der Waals surface area contributed by atoms with Crippen molar-refractivity contribution < 1.29 is 0 Å². The minimum absolute atomic E-state index is 0.0313. The van der Waals surface area contributed by atoms with Crippen molar-refractivity contribution in [2.24, 2.45) is 16.5 Å². The second-order valence-corrected chi connectivity index (χ2v) is 2.01. The summed E-state index contributed by atoms with van der Waals surface area (Å²) in [5, 5.41) is 0. The zero-order chi connectivity index (χ0) is 9.14. The molecule has 1 aromatic rings. The van der Waals surface area contributed by atoms with Crippen LogP contribution < -0.4 is 22.7 Å². The minimum atomic E-state index is -0.650. The number of H-pyrrole nitrogens is 2. The molecular formula is C5H7N5O2. The van der Waals surface area contributed by atoms with Gasteiger partial charge in [-0.05, 0) is 0 Å². The third-order valence-electron chi connectivity index (χ3n) is 0.996. The number of aromatic nitrogens is 2. The maximum absolute atomic E-state index is 10.7. The van der Waals surface area contributed by atoms with Crippen LogP contribution in [0.15, 0.2) is 20.6 Å². The number of rotatable bonds is 1. The molecule has 0 saturated heterocycles. The van der Waals surface area contributed by atoms with E-state index < -0.39 is 11.2 Å². The van der Waals surface area contributed by atoms with Crippen molar-refractivity contribution >= 4 is 11.8 Å². The molecule has 1 rings (SSSR count). The van der Waals surface area contributed by atoms with E-state index in [0.29, 0.717) is 0 Å². The van der Waals surface area contributed by atoms with E-state index in [1.54, 1.807) is 0 Å². The maximum atomic E-state index is 10.7. The van der Waals surface area contributed by atoms with Gasteiger partial charge in [0.15, 0.2) is 5.96 Å². The predicted octanol–water partition coefficient (Wildman–Crippen LogP) is -2.03. The molecule has 0 atom stereocenters. The highest BCUT2D eigenvalue weighted by atomic mass is 16.2. The van der Waals surface area contributed by atoms with E-state index in [1.807, 2.05) is 4.98 Å². The Hall–Kier alpha value is -2.05. The topological polar surface area (TPSA) is 130 Å². The molecule has 0 spiro atoms. The smallest absolute Gasteiger partial charge is 0.327 e. The fourth-order valence-corrected chi connectivity index (χ4v) is 0.655. The molecule has 0 aliphatic carbocycles. The Morgan fingerprint density at radius 3 is 2.50 bits per heavy atom. The van der Waals surface area contributed by atoms with E-state index in [1.165, 1.54) is 0 Å². The van der Waals surface area contributed by atoms with Crippen molar-refractivity contribution in [3.05, 3.63) is 26.9 Å². The van der Waals surface area contributed by atoms with Crippen LogP contribution in [0.25, 0.3) is 0 Å². The molecule has 0 bridgehead atoms. The second-order valence-electron chi connectivity index (χ2n) is 2.01. The van der Waals surface area contributed by atoms with Crippen LogP contribution in [0.5, 0.6) is 0 Å². The number of hydrogen-bond acceptors (Lipinski definition) is 3. The number of hydrogen-bond donors (Lipinski definition) is 4. The molecule has 0 unspecified atom stereocenters. The van der Waals surface area contributed by atoms with Gasteiger partial charge in [0.1, 0.15) is 5.82 Å². The quantitative estimate of drug-likeness (QED) is 0.285. The van der Waals surface area contributed by atoms with E-state index in [2.05, 4.69) is 9.98 Å². The monoisotopic (exact) mass is 169 g/mol. The van der Waals surface area contributed by atoms with E-state index in [0.717, 1.165) is 6.07 Å². The van der Waals surface area contributed by atoms with Crippen LogP contribution in [-0.4, -0.2) is 15.9 Å². The first-order valence-corrected chi connectivity index (χ1v) is 3.01. The molecule has 64 valence electrons. The fourth-order valence-electron chi connectivity index (χ4n) is 0.655. The fraction of sp³-hybridized carbons (Fsp3) is 0. The van der Waals surface area contributed by atoms with Crippen molar-refractivity contribution in [1.82, 2.24) is 9.97 Å². The standard InChI is InChI=1S/C5H7N5O2/c6-4(7)8-2-1-3(11)10-5(12)9-2/h1H,(H6,6,7,8,9,10,11,12). The highest BCUT2D eigenvalue weighted by Crippen LogP contribution is 1.96. The first-order valence-electron chi connectivity index (χ1n) is 3.01. The molecule has 0 aliphatic heterocycles. The van der Waals surface area contributed by atoms with Gasteiger partial charge in [0.2, 0.25) is 0 Å². The van der Waals surface area contributed by atoms with Crippen molar-refractivity contribution in [2.75, 3.05) is 0 Å². The zero-order valence-corrected chi connectivity index (χ0v) is 6.00. The van der Waals surface area contributed by atoms with Crippen molar-refractivity contribution in [2.45, 2.75) is 0 Å². The lowest BCUT2D eigenvalue weighted by molar-refractivity contribution is 1.03. The molecule has 7 heteroatoms. The molecule has 7 nitrogen and oxygen atoms in total. The number of nitrogens with zero attached hydrogens (tertiary/aromatic N) is 1. The number of aromatic amines is 2. The summed E-state index contributed by atoms with van der Waals surface area (Å²) in [5.74, 6) is -0.194. The van der Waals surface area contributed by atoms with Gasteiger partial charge in [-0.25, -0.2) is 4.79 Å². The third-order valence-corrected chi connectivity index (χ3v) is 0.996. The number of guanidine groups is 1. The predicted molar refractivity (Wildman–Crippen MR) is 43.2 cm³/mol. The average Bonchev–Trinajstić information content (AvgIpc) is 1.81. The van der Waals surface area contributed by atoms with Gasteiger partial charge in [-0.2, -0.15) is 4.99 Å². The van der Waals surface area contributed by atoms with E-state index in [4.69, 9.17) is 11.5 Å². The number of aliphatic imine (C=N–C) groups is 1. The summed E-state index contributed by atoms with van der Waals surface area (Å²) in [4.78, 5) is 29.0. The van der Waals surface area contributed by atoms with Crippen LogP contribution in [0.3, 0.4) is 0 Å². The van der Waals surface area contributed by atoms with Crippen molar-refractivity contribution in [3.63, 3.8) is 0 Å². The summed E-state index contributed by atoms with van der Waals surface area (Å²) in [6.07, 6.45) is 0. The first kappa shape index (κ1) is 8.05. The Morgan fingerprint density at radius 1 is 1.33 bits per heavy atom. The number of nitrogens with one attached hydrogen (secondary N) is 2. The molecule has 0 fully saturated rings. The largest absolute Gasteiger partial charge is 0.370 e. The van der Waals surface area contributed by atoms with Crippen molar-refractivity contribution in [3.8, 4) is 0 Å². The highest BCUT2D eigenvalue weighted by Gasteiger charge is 1.93. The van der Waals surface area contributed by atoms with Gasteiger partial charge in [-0.15, -0.1) is 0 Å². The Kier molecular flexibility index (Phi) is 1.95. The van der Waals surface area contributed by atoms with Crippen LogP contribution in [-0.2, 0) is 0 Å². The van der Waals surface area contributed by atoms with Crippen LogP contribution in [0, 0.1) is 0 Å². The molecule has 0 saturated carbocycles. The van der Waals surface area contributed by atoms with E-state index in [9.17, 15) is 9.59 Å². The molecule has 0 aromatic carbocycles. The summed E-state index contributed by atoms with van der Waals surface area (Å²) < 4.78 is 0. The Morgan fingerprint density at radius 2 is 2.00 bits per heavy atom. The van der Waals surface area contributed by atoms with Crippen LogP contribution in [0.2, 0.25) is 0 Å². The van der Waals surface area contributed by atoms with Gasteiger partial charge in [0.25, 0.3) is 5.56 Å². The lowest BCUT2D eigenvalue weighted by Gasteiger charge is -1.91. The normalized spacial score (nSPS) is 9.33. The van der Waals surface area contributed by atoms with Crippen LogP contribution >= 0.6 is 0 Å². The van der Waals surface area contributed by atoms with Gasteiger partial charge >= 0.3 is 5.69 Å². The van der Waals surface area contributed by atoms with Gasteiger partial charge in [-0.3, -0.25) is 14.8 Å². The SMILES string of the molecule is NC(N)=Nc1cc(=O)[nH]c(=O)[nH]1. The maximum Gasteiger partial charge on any atom is 0.327 e. The molecule has 6 N–H and O–H groups in total. The Balaban J connectivity index is 3.28. The molecule has 0 radical (unpaired) electrons. The molecule has 0 amide bonds. The third kappa shape index (κ3) is 1.97. The van der Waals surface area contributed by atoms with Gasteiger partial charge < -0.3 is 11.5 Å². The first-order chi connectivity index (χ1) is 5.58. The molecule has 1 heterocycles. The Bertz CT molecular complexity index is 382. The lowest BCUT2D eigenvalue weighted by Crippen LogP contribution is -2.24. The summed E-state index contributed by atoms with van der Waals surface area (Å²) in [6.45, 7) is 0. The number of nitrogens with two attached hydrogens (primary N) is 2. The second kappa shape index (κ2) is 2.91. The summed E-state index contributed by atoms with van der Waals surface area (Å²) in [5.41, 5.74) is 8.83. The summed E-state index contributed by atoms with van der Waals surface area (Å²) >= 11 is 0. The average molecular weight is 169 g/mol. The zero-order valence-electron chi connectivity index (χ0n) is 6.00. The molecule has 0 aliphatic rings. The van der Waals surface area contributed by atoms with Crippen LogP contribution in [0.1, 0.15) is 0 Å². The van der Waals surface area contributed by atoms with E-state index in [-0.39, 0.29) is 11.8 Å².